The Labute approximate surface area is 124 Å². The molecule has 6 heteroatoms. The highest BCUT2D eigenvalue weighted by Crippen LogP contribution is 2.22. The van der Waals surface area contributed by atoms with Gasteiger partial charge in [-0.1, -0.05) is 11.6 Å². The number of hydrogen-bond donors (Lipinski definition) is 1. The van der Waals surface area contributed by atoms with Crippen molar-refractivity contribution in [2.24, 2.45) is 0 Å². The minimum absolute atomic E-state index is 0.820. The second kappa shape index (κ2) is 5.25. The molecule has 3 nitrogen and oxygen atoms in total. The summed E-state index contributed by atoms with van der Waals surface area (Å²) >= 11 is 9.24. The normalized spacial score (nSPS) is 11.5. The summed E-state index contributed by atoms with van der Waals surface area (Å²) in [5.74, 6) is 0. The van der Waals surface area contributed by atoms with Crippen molar-refractivity contribution in [2.45, 2.75) is 26.9 Å². The molecule has 0 amide bonds. The van der Waals surface area contributed by atoms with E-state index in [1.54, 1.807) is 22.7 Å². The Kier molecular flexibility index (Phi) is 3.62. The lowest BCUT2D eigenvalue weighted by Gasteiger charge is -2.04. The molecule has 0 aliphatic rings. The fraction of sp³-hybridized carbons (Fsp3) is 0.308. The maximum atomic E-state index is 5.93. The van der Waals surface area contributed by atoms with Crippen LogP contribution in [0.15, 0.2) is 17.5 Å². The molecule has 0 fully saturated rings. The van der Waals surface area contributed by atoms with Gasteiger partial charge in [-0.3, -0.25) is 4.40 Å². The van der Waals surface area contributed by atoms with Gasteiger partial charge in [-0.25, -0.2) is 4.98 Å². The van der Waals surface area contributed by atoms with E-state index in [0.29, 0.717) is 0 Å². The van der Waals surface area contributed by atoms with Crippen molar-refractivity contribution >= 4 is 39.2 Å². The maximum Gasteiger partial charge on any atom is 0.194 e. The van der Waals surface area contributed by atoms with Gasteiger partial charge >= 0.3 is 0 Å². The molecular weight excluding hydrogens is 298 g/mol. The van der Waals surface area contributed by atoms with Crippen LogP contribution < -0.4 is 5.32 Å². The Morgan fingerprint density at radius 1 is 1.32 bits per heavy atom. The second-order valence-corrected chi connectivity index (χ2v) is 7.08. The van der Waals surface area contributed by atoms with Gasteiger partial charge in [0.2, 0.25) is 0 Å². The van der Waals surface area contributed by atoms with Crippen molar-refractivity contribution in [1.82, 2.24) is 14.7 Å². The number of rotatable bonds is 4. The van der Waals surface area contributed by atoms with Gasteiger partial charge in [0.25, 0.3) is 0 Å². The molecule has 19 heavy (non-hydrogen) atoms. The van der Waals surface area contributed by atoms with E-state index in [1.165, 1.54) is 16.3 Å². The number of imidazole rings is 1. The standard InChI is InChI=1S/C13H14ClN3S2/c1-8-7-18-13-16-9(2)11(17(8)13)6-15-5-10-3-4-12(14)19-10/h3-4,7,15H,5-6H2,1-2H3. The monoisotopic (exact) mass is 311 g/mol. The zero-order valence-corrected chi connectivity index (χ0v) is 13.1. The van der Waals surface area contributed by atoms with Gasteiger partial charge in [-0.2, -0.15) is 0 Å². The Balaban J connectivity index is 1.74. The van der Waals surface area contributed by atoms with Crippen LogP contribution in [0.2, 0.25) is 4.34 Å². The molecule has 1 N–H and O–H groups in total. The van der Waals surface area contributed by atoms with Crippen LogP contribution in [-0.2, 0) is 13.1 Å². The van der Waals surface area contributed by atoms with Gasteiger partial charge in [0, 0.05) is 29.0 Å². The molecule has 0 aliphatic heterocycles. The van der Waals surface area contributed by atoms with Gasteiger partial charge in [0.05, 0.1) is 15.7 Å². The number of aryl methyl sites for hydroxylation is 2. The number of hydrogen-bond acceptors (Lipinski definition) is 4. The lowest BCUT2D eigenvalue weighted by molar-refractivity contribution is 0.677. The van der Waals surface area contributed by atoms with Gasteiger partial charge < -0.3 is 5.32 Å². The van der Waals surface area contributed by atoms with E-state index >= 15 is 0 Å². The lowest BCUT2D eigenvalue weighted by Crippen LogP contribution is -2.14. The first kappa shape index (κ1) is 13.1. The van der Waals surface area contributed by atoms with Gasteiger partial charge in [0.1, 0.15) is 0 Å². The zero-order chi connectivity index (χ0) is 13.4. The highest BCUT2D eigenvalue weighted by molar-refractivity contribution is 7.16. The van der Waals surface area contributed by atoms with E-state index in [4.69, 9.17) is 11.6 Å². The molecular formula is C13H14ClN3S2. The van der Waals surface area contributed by atoms with E-state index in [9.17, 15) is 0 Å². The number of nitrogens with one attached hydrogen (secondary N) is 1. The third-order valence-electron chi connectivity index (χ3n) is 3.05. The molecule has 0 unspecified atom stereocenters. The highest BCUT2D eigenvalue weighted by Gasteiger charge is 2.11. The predicted molar refractivity (Wildman–Crippen MR) is 82.4 cm³/mol. The van der Waals surface area contributed by atoms with Crippen molar-refractivity contribution in [1.29, 1.82) is 0 Å². The van der Waals surface area contributed by atoms with Crippen molar-refractivity contribution in [3.63, 3.8) is 0 Å². The fourth-order valence-electron chi connectivity index (χ4n) is 2.13. The van der Waals surface area contributed by atoms with Crippen LogP contribution in [-0.4, -0.2) is 9.38 Å². The Morgan fingerprint density at radius 2 is 2.16 bits per heavy atom. The van der Waals surface area contributed by atoms with Gasteiger partial charge in [-0.05, 0) is 26.0 Å². The summed E-state index contributed by atoms with van der Waals surface area (Å²) in [6, 6.07) is 4.00. The maximum absolute atomic E-state index is 5.93. The molecule has 0 atom stereocenters. The molecule has 3 aromatic rings. The summed E-state index contributed by atoms with van der Waals surface area (Å²) in [4.78, 5) is 6.92. The number of thiazole rings is 1. The van der Waals surface area contributed by atoms with Crippen LogP contribution in [0.25, 0.3) is 4.96 Å². The Hall–Kier alpha value is -0.880. The quantitative estimate of drug-likeness (QED) is 0.788. The minimum atomic E-state index is 0.820. The Bertz CT molecular complexity index is 711. The largest absolute Gasteiger partial charge is 0.306 e. The van der Waals surface area contributed by atoms with Gasteiger partial charge in [-0.15, -0.1) is 22.7 Å². The van der Waals surface area contributed by atoms with Crippen LogP contribution in [0, 0.1) is 13.8 Å². The summed E-state index contributed by atoms with van der Waals surface area (Å²) in [5.41, 5.74) is 3.60. The van der Waals surface area contributed by atoms with Crippen LogP contribution in [0.1, 0.15) is 22.0 Å². The molecule has 3 aromatic heterocycles. The van der Waals surface area contributed by atoms with Crippen molar-refractivity contribution in [3.8, 4) is 0 Å². The molecule has 0 spiro atoms. The lowest BCUT2D eigenvalue weighted by atomic mass is 10.3. The molecule has 0 saturated heterocycles. The molecule has 0 aromatic carbocycles. The highest BCUT2D eigenvalue weighted by atomic mass is 35.5. The van der Waals surface area contributed by atoms with Crippen molar-refractivity contribution in [2.75, 3.05) is 0 Å². The summed E-state index contributed by atoms with van der Waals surface area (Å²) in [7, 11) is 0. The first-order chi connectivity index (χ1) is 9.15. The number of fused-ring (bicyclic) bond motifs is 1. The summed E-state index contributed by atoms with van der Waals surface area (Å²) in [6.07, 6.45) is 0. The smallest absolute Gasteiger partial charge is 0.194 e. The number of thiophene rings is 1. The van der Waals surface area contributed by atoms with Gasteiger partial charge in [0.15, 0.2) is 4.96 Å². The Morgan fingerprint density at radius 3 is 2.89 bits per heavy atom. The summed E-state index contributed by atoms with van der Waals surface area (Å²) in [6.45, 7) is 5.85. The van der Waals surface area contributed by atoms with E-state index in [2.05, 4.69) is 40.0 Å². The molecule has 0 bridgehead atoms. The van der Waals surface area contributed by atoms with E-state index in [1.807, 2.05) is 6.07 Å². The third kappa shape index (κ3) is 2.56. The van der Waals surface area contributed by atoms with Crippen LogP contribution in [0.5, 0.6) is 0 Å². The van der Waals surface area contributed by atoms with Crippen molar-refractivity contribution in [3.05, 3.63) is 43.8 Å². The van der Waals surface area contributed by atoms with E-state index in [0.717, 1.165) is 28.1 Å². The molecule has 100 valence electrons. The predicted octanol–water partition coefficient (Wildman–Crippen LogP) is 4.02. The van der Waals surface area contributed by atoms with Crippen LogP contribution >= 0.6 is 34.3 Å². The number of halogens is 1. The minimum Gasteiger partial charge on any atom is -0.306 e. The van der Waals surface area contributed by atoms with E-state index in [-0.39, 0.29) is 0 Å². The summed E-state index contributed by atoms with van der Waals surface area (Å²) in [5, 5.41) is 5.61. The van der Waals surface area contributed by atoms with Crippen LogP contribution in [0.3, 0.4) is 0 Å². The molecule has 0 aliphatic carbocycles. The first-order valence-corrected chi connectivity index (χ1v) is 8.09. The third-order valence-corrected chi connectivity index (χ3v) is 5.23. The van der Waals surface area contributed by atoms with Crippen LogP contribution in [0.4, 0.5) is 0 Å². The summed E-state index contributed by atoms with van der Waals surface area (Å²) < 4.78 is 3.07. The van der Waals surface area contributed by atoms with Crippen molar-refractivity contribution < 1.29 is 0 Å². The first-order valence-electron chi connectivity index (χ1n) is 6.02. The zero-order valence-electron chi connectivity index (χ0n) is 10.7. The topological polar surface area (TPSA) is 29.3 Å². The molecule has 0 saturated carbocycles. The average Bonchev–Trinajstić information content (AvgIpc) is 3.01. The SMILES string of the molecule is Cc1nc2scc(C)n2c1CNCc1ccc(Cl)s1. The molecule has 0 radical (unpaired) electrons. The average molecular weight is 312 g/mol. The molecule has 3 rings (SSSR count). The second-order valence-electron chi connectivity index (χ2n) is 4.45. The van der Waals surface area contributed by atoms with E-state index < -0.39 is 0 Å². The molecule has 3 heterocycles. The fourth-order valence-corrected chi connectivity index (χ4v) is 4.11. The number of nitrogens with zero attached hydrogens (tertiary/aromatic N) is 2. The number of aromatic nitrogens is 2.